The number of pyridine rings is 1. The van der Waals surface area contributed by atoms with Gasteiger partial charge >= 0.3 is 0 Å². The average Bonchev–Trinajstić information content (AvgIpc) is 3.38. The van der Waals surface area contributed by atoms with Crippen LogP contribution in [0.1, 0.15) is 34.8 Å². The minimum atomic E-state index is -0.217. The lowest BCUT2D eigenvalue weighted by atomic mass is 10.0. The van der Waals surface area contributed by atoms with Crippen LogP contribution in [0.3, 0.4) is 0 Å². The highest BCUT2D eigenvalue weighted by Crippen LogP contribution is 2.41. The van der Waals surface area contributed by atoms with Crippen LogP contribution in [0.2, 0.25) is 0 Å². The number of carbonyl (C=O) groups excluding carboxylic acids is 1. The normalized spacial score (nSPS) is 15.1. The molecule has 1 aromatic carbocycles. The molecule has 1 aliphatic rings. The molecule has 1 saturated carbocycles. The van der Waals surface area contributed by atoms with E-state index in [0.717, 1.165) is 24.2 Å². The summed E-state index contributed by atoms with van der Waals surface area (Å²) in [6, 6.07) is 10.6. The lowest BCUT2D eigenvalue weighted by molar-refractivity contribution is 0.0931. The van der Waals surface area contributed by atoms with E-state index < -0.39 is 0 Å². The number of benzene rings is 1. The average molecular weight is 298 g/mol. The second kappa shape index (κ2) is 6.05. The molecular weight excluding hydrogens is 280 g/mol. The SMILES string of the molecule is COc1ccc([C@@H](NC(=O)c2ccc(=O)[nH]c2)C2CC2)cc1. The van der Waals surface area contributed by atoms with Crippen LogP contribution in [0.5, 0.6) is 5.75 Å². The first-order valence-electron chi connectivity index (χ1n) is 7.31. The number of aromatic amines is 1. The van der Waals surface area contributed by atoms with E-state index in [2.05, 4.69) is 10.3 Å². The van der Waals surface area contributed by atoms with E-state index in [1.165, 1.54) is 18.3 Å². The first-order chi connectivity index (χ1) is 10.7. The van der Waals surface area contributed by atoms with E-state index in [9.17, 15) is 9.59 Å². The highest BCUT2D eigenvalue weighted by Gasteiger charge is 2.33. The summed E-state index contributed by atoms with van der Waals surface area (Å²) in [6.45, 7) is 0. The summed E-state index contributed by atoms with van der Waals surface area (Å²) in [5.41, 5.74) is 1.31. The fourth-order valence-electron chi connectivity index (χ4n) is 2.49. The summed E-state index contributed by atoms with van der Waals surface area (Å²) in [7, 11) is 1.63. The van der Waals surface area contributed by atoms with Crippen LogP contribution < -0.4 is 15.6 Å². The molecule has 1 atom stereocenters. The monoisotopic (exact) mass is 298 g/mol. The van der Waals surface area contributed by atoms with Gasteiger partial charge in [-0.3, -0.25) is 9.59 Å². The Morgan fingerprint density at radius 2 is 1.95 bits per heavy atom. The maximum absolute atomic E-state index is 12.3. The second-order valence-electron chi connectivity index (χ2n) is 5.50. The van der Waals surface area contributed by atoms with Crippen LogP contribution in [-0.2, 0) is 0 Å². The van der Waals surface area contributed by atoms with Gasteiger partial charge in [-0.15, -0.1) is 0 Å². The molecule has 1 aliphatic carbocycles. The van der Waals surface area contributed by atoms with Gasteiger partial charge in [-0.2, -0.15) is 0 Å². The standard InChI is InChI=1S/C17H18N2O3/c1-22-14-7-4-12(5-8-14)16(11-2-3-11)19-17(21)13-6-9-15(20)18-10-13/h4-11,16H,2-3H2,1H3,(H,18,20)(H,19,21)/t16-/m0/s1. The van der Waals surface area contributed by atoms with Gasteiger partial charge in [-0.05, 0) is 42.5 Å². The van der Waals surface area contributed by atoms with Gasteiger partial charge in [0, 0.05) is 12.3 Å². The number of methoxy groups -OCH3 is 1. The Labute approximate surface area is 128 Å². The number of amides is 1. The van der Waals surface area contributed by atoms with Crippen LogP contribution in [0, 0.1) is 5.92 Å². The van der Waals surface area contributed by atoms with Crippen LogP contribution >= 0.6 is 0 Å². The molecule has 3 rings (SSSR count). The van der Waals surface area contributed by atoms with Crippen molar-refractivity contribution < 1.29 is 9.53 Å². The fraction of sp³-hybridized carbons (Fsp3) is 0.294. The molecule has 1 amide bonds. The zero-order valence-corrected chi connectivity index (χ0v) is 12.3. The summed E-state index contributed by atoms with van der Waals surface area (Å²) < 4.78 is 5.17. The number of hydrogen-bond donors (Lipinski definition) is 2. The van der Waals surface area contributed by atoms with Crippen molar-refractivity contribution in [3.63, 3.8) is 0 Å². The van der Waals surface area contributed by atoms with Crippen LogP contribution in [0.4, 0.5) is 0 Å². The zero-order valence-electron chi connectivity index (χ0n) is 12.3. The zero-order chi connectivity index (χ0) is 15.5. The van der Waals surface area contributed by atoms with Crippen molar-refractivity contribution in [1.29, 1.82) is 0 Å². The van der Waals surface area contributed by atoms with E-state index in [1.807, 2.05) is 24.3 Å². The van der Waals surface area contributed by atoms with Gasteiger partial charge < -0.3 is 15.0 Å². The predicted octanol–water partition coefficient (Wildman–Crippen LogP) is 2.26. The van der Waals surface area contributed by atoms with Crippen molar-refractivity contribution in [1.82, 2.24) is 10.3 Å². The van der Waals surface area contributed by atoms with Crippen molar-refractivity contribution >= 4 is 5.91 Å². The molecule has 0 unspecified atom stereocenters. The number of ether oxygens (including phenoxy) is 1. The van der Waals surface area contributed by atoms with Crippen LogP contribution in [0.15, 0.2) is 47.4 Å². The molecule has 0 spiro atoms. The molecule has 114 valence electrons. The van der Waals surface area contributed by atoms with E-state index in [0.29, 0.717) is 11.5 Å². The molecule has 5 heteroatoms. The smallest absolute Gasteiger partial charge is 0.253 e. The topological polar surface area (TPSA) is 71.2 Å². The first kappa shape index (κ1) is 14.4. The summed E-state index contributed by atoms with van der Waals surface area (Å²) in [6.07, 6.45) is 3.67. The minimum absolute atomic E-state index is 0.00895. The van der Waals surface area contributed by atoms with Crippen molar-refractivity contribution in [2.45, 2.75) is 18.9 Å². The molecular formula is C17H18N2O3. The Morgan fingerprint density at radius 1 is 1.23 bits per heavy atom. The number of carbonyl (C=O) groups is 1. The summed E-state index contributed by atoms with van der Waals surface area (Å²) in [5, 5.41) is 3.07. The summed E-state index contributed by atoms with van der Waals surface area (Å²) in [4.78, 5) is 25.9. The van der Waals surface area contributed by atoms with E-state index in [4.69, 9.17) is 4.74 Å². The van der Waals surface area contributed by atoms with Gasteiger partial charge in [0.2, 0.25) is 5.56 Å². The van der Waals surface area contributed by atoms with Gasteiger partial charge in [0.05, 0.1) is 18.7 Å². The predicted molar refractivity (Wildman–Crippen MR) is 83.0 cm³/mol. The highest BCUT2D eigenvalue weighted by atomic mass is 16.5. The molecule has 0 saturated heterocycles. The number of H-pyrrole nitrogens is 1. The Morgan fingerprint density at radius 3 is 2.50 bits per heavy atom. The van der Waals surface area contributed by atoms with Crippen molar-refractivity contribution in [2.75, 3.05) is 7.11 Å². The maximum Gasteiger partial charge on any atom is 0.253 e. The Hall–Kier alpha value is -2.56. The van der Waals surface area contributed by atoms with E-state index >= 15 is 0 Å². The maximum atomic E-state index is 12.3. The van der Waals surface area contributed by atoms with Crippen molar-refractivity contribution in [2.24, 2.45) is 5.92 Å². The number of aromatic nitrogens is 1. The second-order valence-corrected chi connectivity index (χ2v) is 5.50. The third-order valence-electron chi connectivity index (χ3n) is 3.90. The molecule has 5 nitrogen and oxygen atoms in total. The lowest BCUT2D eigenvalue weighted by Gasteiger charge is -2.19. The summed E-state index contributed by atoms with van der Waals surface area (Å²) in [5.74, 6) is 1.09. The molecule has 0 aliphatic heterocycles. The third-order valence-corrected chi connectivity index (χ3v) is 3.90. The van der Waals surface area contributed by atoms with Gasteiger partial charge in [0.25, 0.3) is 5.91 Å². The number of hydrogen-bond acceptors (Lipinski definition) is 3. The molecule has 2 N–H and O–H groups in total. The Kier molecular flexibility index (Phi) is 3.96. The first-order valence-corrected chi connectivity index (χ1v) is 7.31. The van der Waals surface area contributed by atoms with Gasteiger partial charge in [0.1, 0.15) is 5.75 Å². The molecule has 2 aromatic rings. The largest absolute Gasteiger partial charge is 0.497 e. The van der Waals surface area contributed by atoms with Crippen molar-refractivity contribution in [3.8, 4) is 5.75 Å². The quantitative estimate of drug-likeness (QED) is 0.889. The van der Waals surface area contributed by atoms with Gasteiger partial charge in [-0.1, -0.05) is 12.1 Å². The highest BCUT2D eigenvalue weighted by molar-refractivity contribution is 5.94. The molecule has 1 fully saturated rings. The van der Waals surface area contributed by atoms with Gasteiger partial charge in [-0.25, -0.2) is 0 Å². The lowest BCUT2D eigenvalue weighted by Crippen LogP contribution is -2.30. The molecule has 22 heavy (non-hydrogen) atoms. The van der Waals surface area contributed by atoms with E-state index in [-0.39, 0.29) is 17.5 Å². The Balaban J connectivity index is 1.77. The van der Waals surface area contributed by atoms with Gasteiger partial charge in [0.15, 0.2) is 0 Å². The minimum Gasteiger partial charge on any atom is -0.497 e. The molecule has 0 bridgehead atoms. The number of nitrogens with one attached hydrogen (secondary N) is 2. The number of rotatable bonds is 5. The molecule has 1 heterocycles. The third kappa shape index (κ3) is 3.19. The van der Waals surface area contributed by atoms with E-state index in [1.54, 1.807) is 7.11 Å². The van der Waals surface area contributed by atoms with Crippen LogP contribution in [0.25, 0.3) is 0 Å². The fourth-order valence-corrected chi connectivity index (χ4v) is 2.49. The summed E-state index contributed by atoms with van der Waals surface area (Å²) >= 11 is 0. The van der Waals surface area contributed by atoms with Crippen molar-refractivity contribution in [3.05, 3.63) is 64.1 Å². The molecule has 1 aromatic heterocycles. The Bertz CT molecular complexity index is 697. The molecule has 0 radical (unpaired) electrons. The van der Waals surface area contributed by atoms with Crippen LogP contribution in [-0.4, -0.2) is 18.0 Å².